The molecule has 0 aliphatic carbocycles. The number of thiophene rings is 1. The van der Waals surface area contributed by atoms with Crippen molar-refractivity contribution in [1.82, 2.24) is 10.0 Å². The number of rotatable bonds is 3. The molecule has 0 spiro atoms. The topological polar surface area (TPSA) is 58.2 Å². The quantitative estimate of drug-likeness (QED) is 0.876. The highest BCUT2D eigenvalue weighted by Crippen LogP contribution is 2.30. The Hall–Kier alpha value is 0.0500. The molecule has 1 saturated heterocycles. The van der Waals surface area contributed by atoms with Gasteiger partial charge in [-0.15, -0.1) is 11.3 Å². The Kier molecular flexibility index (Phi) is 4.48. The summed E-state index contributed by atoms with van der Waals surface area (Å²) >= 11 is 4.77. The molecule has 0 saturated carbocycles. The van der Waals surface area contributed by atoms with Crippen molar-refractivity contribution in [3.8, 4) is 0 Å². The van der Waals surface area contributed by atoms with Gasteiger partial charge in [0.15, 0.2) is 0 Å². The van der Waals surface area contributed by atoms with Crippen LogP contribution in [-0.2, 0) is 10.0 Å². The van der Waals surface area contributed by atoms with Gasteiger partial charge in [-0.3, -0.25) is 0 Å². The van der Waals surface area contributed by atoms with Gasteiger partial charge in [-0.1, -0.05) is 0 Å². The second-order valence-electron chi connectivity index (χ2n) is 4.67. The zero-order chi connectivity index (χ0) is 13.3. The summed E-state index contributed by atoms with van der Waals surface area (Å²) in [7, 11) is -3.39. The Bertz CT molecular complexity index is 527. The molecule has 0 bridgehead atoms. The van der Waals surface area contributed by atoms with Crippen LogP contribution in [0.5, 0.6) is 0 Å². The molecule has 2 atom stereocenters. The zero-order valence-electron chi connectivity index (χ0n) is 10.4. The second kappa shape index (κ2) is 5.58. The van der Waals surface area contributed by atoms with Crippen LogP contribution in [0.1, 0.15) is 24.6 Å². The van der Waals surface area contributed by atoms with Crippen LogP contribution in [0, 0.1) is 6.92 Å². The standard InChI is InChI=1S/C11H17BrN2O2S2/c1-7-5-9(3-4-13-7)14-18(15,16)10-6-11(12)17-8(10)2/h6-7,9,13-14H,3-5H2,1-2H3. The maximum absolute atomic E-state index is 12.3. The normalized spacial score (nSPS) is 25.3. The number of aryl methyl sites for hydroxylation is 1. The van der Waals surface area contributed by atoms with Crippen LogP contribution in [0.15, 0.2) is 14.7 Å². The predicted molar refractivity (Wildman–Crippen MR) is 77.6 cm³/mol. The van der Waals surface area contributed by atoms with Crippen molar-refractivity contribution in [3.63, 3.8) is 0 Å². The molecule has 2 heterocycles. The molecule has 2 N–H and O–H groups in total. The summed E-state index contributed by atoms with van der Waals surface area (Å²) in [4.78, 5) is 1.21. The van der Waals surface area contributed by atoms with E-state index in [1.165, 1.54) is 11.3 Å². The first kappa shape index (κ1) is 14.5. The van der Waals surface area contributed by atoms with Crippen LogP contribution in [-0.4, -0.2) is 27.0 Å². The third kappa shape index (κ3) is 3.33. The second-order valence-corrected chi connectivity index (χ2v) is 8.99. The van der Waals surface area contributed by atoms with E-state index in [9.17, 15) is 8.42 Å². The summed E-state index contributed by atoms with van der Waals surface area (Å²) in [5.74, 6) is 0. The molecule has 0 radical (unpaired) electrons. The molecule has 1 fully saturated rings. The fraction of sp³-hybridized carbons (Fsp3) is 0.636. The lowest BCUT2D eigenvalue weighted by Crippen LogP contribution is -2.46. The maximum Gasteiger partial charge on any atom is 0.241 e. The van der Waals surface area contributed by atoms with Gasteiger partial charge in [0.05, 0.1) is 8.68 Å². The first-order chi connectivity index (χ1) is 8.38. The summed E-state index contributed by atoms with van der Waals surface area (Å²) in [6.07, 6.45) is 1.68. The van der Waals surface area contributed by atoms with Crippen LogP contribution in [0.4, 0.5) is 0 Å². The van der Waals surface area contributed by atoms with E-state index in [-0.39, 0.29) is 6.04 Å². The van der Waals surface area contributed by atoms with Crippen molar-refractivity contribution in [1.29, 1.82) is 0 Å². The predicted octanol–water partition coefficient (Wildman–Crippen LogP) is 2.24. The summed E-state index contributed by atoms with van der Waals surface area (Å²) in [6, 6.07) is 2.07. The Morgan fingerprint density at radius 2 is 2.28 bits per heavy atom. The lowest BCUT2D eigenvalue weighted by atomic mass is 10.0. The van der Waals surface area contributed by atoms with E-state index in [2.05, 4.69) is 32.9 Å². The fourth-order valence-corrected chi connectivity index (χ4v) is 5.92. The fourth-order valence-electron chi connectivity index (χ4n) is 2.22. The van der Waals surface area contributed by atoms with E-state index in [0.717, 1.165) is 28.0 Å². The van der Waals surface area contributed by atoms with E-state index in [4.69, 9.17) is 0 Å². The molecule has 1 aromatic heterocycles. The van der Waals surface area contributed by atoms with Gasteiger partial charge in [0, 0.05) is 17.0 Å². The summed E-state index contributed by atoms with van der Waals surface area (Å²) in [5.41, 5.74) is 0. The van der Waals surface area contributed by atoms with Crippen molar-refractivity contribution < 1.29 is 8.42 Å². The molecule has 1 aliphatic rings. The first-order valence-corrected chi connectivity index (χ1v) is 8.99. The van der Waals surface area contributed by atoms with Crippen LogP contribution in [0.3, 0.4) is 0 Å². The lowest BCUT2D eigenvalue weighted by molar-refractivity contribution is 0.361. The minimum absolute atomic E-state index is 0.0318. The van der Waals surface area contributed by atoms with Crippen molar-refractivity contribution in [3.05, 3.63) is 14.7 Å². The maximum atomic E-state index is 12.3. The molecule has 7 heteroatoms. The van der Waals surface area contributed by atoms with Crippen molar-refractivity contribution in [2.45, 2.75) is 43.7 Å². The molecular weight excluding hydrogens is 336 g/mol. The molecular formula is C11H17BrN2O2S2. The molecule has 0 aromatic carbocycles. The van der Waals surface area contributed by atoms with Gasteiger partial charge < -0.3 is 5.32 Å². The molecule has 1 aromatic rings. The van der Waals surface area contributed by atoms with Crippen molar-refractivity contribution >= 4 is 37.3 Å². The smallest absolute Gasteiger partial charge is 0.241 e. The van der Waals surface area contributed by atoms with Gasteiger partial charge in [-0.2, -0.15) is 0 Å². The molecule has 1 aliphatic heterocycles. The van der Waals surface area contributed by atoms with E-state index >= 15 is 0 Å². The van der Waals surface area contributed by atoms with E-state index in [0.29, 0.717) is 10.9 Å². The number of halogens is 1. The number of hydrogen-bond acceptors (Lipinski definition) is 4. The van der Waals surface area contributed by atoms with E-state index < -0.39 is 10.0 Å². The van der Waals surface area contributed by atoms with E-state index in [1.54, 1.807) is 6.07 Å². The number of piperidine rings is 1. The highest BCUT2D eigenvalue weighted by molar-refractivity contribution is 9.11. The zero-order valence-corrected chi connectivity index (χ0v) is 13.6. The SMILES string of the molecule is Cc1sc(Br)cc1S(=O)(=O)NC1CCNC(C)C1. The van der Waals surface area contributed by atoms with Crippen LogP contribution in [0.2, 0.25) is 0 Å². The summed E-state index contributed by atoms with van der Waals surface area (Å²) in [6.45, 7) is 4.77. The Balaban J connectivity index is 2.14. The molecule has 2 rings (SSSR count). The number of nitrogens with one attached hydrogen (secondary N) is 2. The number of sulfonamides is 1. The molecule has 18 heavy (non-hydrogen) atoms. The summed E-state index contributed by atoms with van der Waals surface area (Å²) < 4.78 is 28.3. The Morgan fingerprint density at radius 3 is 2.83 bits per heavy atom. The van der Waals surface area contributed by atoms with Gasteiger partial charge in [0.2, 0.25) is 10.0 Å². The van der Waals surface area contributed by atoms with Crippen LogP contribution in [0.25, 0.3) is 0 Å². The largest absolute Gasteiger partial charge is 0.314 e. The summed E-state index contributed by atoms with van der Waals surface area (Å²) in [5, 5.41) is 3.31. The highest BCUT2D eigenvalue weighted by atomic mass is 79.9. The average molecular weight is 353 g/mol. The molecule has 102 valence electrons. The minimum Gasteiger partial charge on any atom is -0.314 e. The van der Waals surface area contributed by atoms with Gasteiger partial charge in [0.1, 0.15) is 0 Å². The van der Waals surface area contributed by atoms with E-state index in [1.807, 2.05) is 6.92 Å². The van der Waals surface area contributed by atoms with Gasteiger partial charge >= 0.3 is 0 Å². The molecule has 2 unspecified atom stereocenters. The molecule has 0 amide bonds. The Morgan fingerprint density at radius 1 is 1.56 bits per heavy atom. The van der Waals surface area contributed by atoms with Crippen molar-refractivity contribution in [2.24, 2.45) is 0 Å². The number of hydrogen-bond donors (Lipinski definition) is 2. The molecule has 4 nitrogen and oxygen atoms in total. The van der Waals surface area contributed by atoms with Crippen LogP contribution < -0.4 is 10.0 Å². The van der Waals surface area contributed by atoms with Crippen molar-refractivity contribution in [2.75, 3.05) is 6.54 Å². The van der Waals surface area contributed by atoms with Gasteiger partial charge in [-0.05, 0) is 55.2 Å². The average Bonchev–Trinajstić information content (AvgIpc) is 2.58. The van der Waals surface area contributed by atoms with Crippen LogP contribution >= 0.6 is 27.3 Å². The minimum atomic E-state index is -3.39. The van der Waals surface area contributed by atoms with Gasteiger partial charge in [-0.25, -0.2) is 13.1 Å². The Labute approximate surface area is 120 Å². The third-order valence-corrected chi connectivity index (χ3v) is 6.41. The monoisotopic (exact) mass is 352 g/mol. The lowest BCUT2D eigenvalue weighted by Gasteiger charge is -2.28. The highest BCUT2D eigenvalue weighted by Gasteiger charge is 2.26. The third-order valence-electron chi connectivity index (χ3n) is 3.08. The first-order valence-electron chi connectivity index (χ1n) is 5.90. The van der Waals surface area contributed by atoms with Gasteiger partial charge in [0.25, 0.3) is 0 Å².